The Labute approximate surface area is 182 Å². The molecule has 3 aromatic rings. The van der Waals surface area contributed by atoms with Gasteiger partial charge in [0.05, 0.1) is 24.1 Å². The summed E-state index contributed by atoms with van der Waals surface area (Å²) in [4.78, 5) is 14.8. The summed E-state index contributed by atoms with van der Waals surface area (Å²) >= 11 is 0. The molecule has 0 aliphatic carbocycles. The first-order valence-corrected chi connectivity index (χ1v) is 10.2. The van der Waals surface area contributed by atoms with Crippen molar-refractivity contribution in [3.8, 4) is 11.7 Å². The van der Waals surface area contributed by atoms with Crippen LogP contribution >= 0.6 is 0 Å². The lowest BCUT2D eigenvalue weighted by molar-refractivity contribution is -0.138. The lowest BCUT2D eigenvalue weighted by Gasteiger charge is -2.09. The molecule has 0 aliphatic rings. The van der Waals surface area contributed by atoms with Crippen LogP contribution in [0.1, 0.15) is 42.1 Å². The van der Waals surface area contributed by atoms with Crippen LogP contribution < -0.4 is 4.74 Å². The molecule has 0 radical (unpaired) electrons. The number of nitrogens with zero attached hydrogens (tertiary/aromatic N) is 5. The molecule has 0 saturated heterocycles. The Morgan fingerprint density at radius 2 is 2.00 bits per heavy atom. The number of carboxylic acids is 1. The fraction of sp³-hybridized carbons (Fsp3) is 0.429. The number of aryl methyl sites for hydroxylation is 3. The van der Waals surface area contributed by atoms with Crippen molar-refractivity contribution in [1.82, 2.24) is 24.5 Å². The number of aliphatic carboxylic acids is 1. The van der Waals surface area contributed by atoms with Crippen molar-refractivity contribution in [2.24, 2.45) is 0 Å². The van der Waals surface area contributed by atoms with Gasteiger partial charge in [-0.1, -0.05) is 13.3 Å². The number of rotatable bonds is 10. The monoisotopic (exact) mass is 451 g/mol. The molecular weight excluding hydrogens is 427 g/mol. The normalized spacial score (nSPS) is 11.7. The summed E-state index contributed by atoms with van der Waals surface area (Å²) in [5.74, 6) is -0.275. The molecule has 1 N–H and O–H groups in total. The predicted molar refractivity (Wildman–Crippen MR) is 109 cm³/mol. The molecule has 0 amide bonds. The van der Waals surface area contributed by atoms with Crippen LogP contribution in [-0.2, 0) is 30.4 Å². The summed E-state index contributed by atoms with van der Waals surface area (Å²) in [5, 5.41) is 17.5. The van der Waals surface area contributed by atoms with Gasteiger partial charge in [0.2, 0.25) is 5.88 Å². The van der Waals surface area contributed by atoms with Crippen molar-refractivity contribution in [2.45, 2.75) is 52.3 Å². The minimum absolute atomic E-state index is 0.281. The number of carbonyl (C=O) groups is 1. The molecule has 11 heteroatoms. The first-order chi connectivity index (χ1) is 15.2. The Balaban J connectivity index is 1.66. The molecule has 3 aromatic heterocycles. The van der Waals surface area contributed by atoms with Crippen molar-refractivity contribution >= 4 is 5.97 Å². The fourth-order valence-corrected chi connectivity index (χ4v) is 3.24. The van der Waals surface area contributed by atoms with E-state index < -0.39 is 17.7 Å². The molecule has 3 heterocycles. The highest BCUT2D eigenvalue weighted by molar-refractivity contribution is 5.66. The largest absolute Gasteiger partial charge is 0.480 e. The first-order valence-electron chi connectivity index (χ1n) is 10.2. The Morgan fingerprint density at radius 3 is 2.62 bits per heavy atom. The van der Waals surface area contributed by atoms with Crippen LogP contribution in [0.2, 0.25) is 0 Å². The zero-order valence-corrected chi connectivity index (χ0v) is 17.8. The van der Waals surface area contributed by atoms with Gasteiger partial charge < -0.3 is 9.84 Å². The van der Waals surface area contributed by atoms with Crippen LogP contribution in [0, 0.1) is 6.92 Å². The smallest absolute Gasteiger partial charge is 0.417 e. The molecule has 0 saturated carbocycles. The van der Waals surface area contributed by atoms with E-state index in [1.54, 1.807) is 19.3 Å². The first kappa shape index (κ1) is 23.3. The maximum Gasteiger partial charge on any atom is 0.417 e. The Kier molecular flexibility index (Phi) is 7.16. The van der Waals surface area contributed by atoms with Gasteiger partial charge in [-0.3, -0.25) is 4.79 Å². The highest BCUT2D eigenvalue weighted by Crippen LogP contribution is 2.28. The molecule has 172 valence electrons. The highest BCUT2D eigenvalue weighted by Gasteiger charge is 2.30. The van der Waals surface area contributed by atoms with Crippen LogP contribution in [0.5, 0.6) is 5.88 Å². The number of ether oxygens (including phenoxy) is 1. The Morgan fingerprint density at radius 1 is 1.22 bits per heavy atom. The van der Waals surface area contributed by atoms with Gasteiger partial charge >= 0.3 is 12.1 Å². The summed E-state index contributed by atoms with van der Waals surface area (Å²) in [6.07, 6.45) is 2.57. The van der Waals surface area contributed by atoms with Gasteiger partial charge in [0.15, 0.2) is 5.82 Å². The van der Waals surface area contributed by atoms with Crippen LogP contribution in [0.15, 0.2) is 30.7 Å². The van der Waals surface area contributed by atoms with Crippen LogP contribution in [0.3, 0.4) is 0 Å². The molecule has 0 aromatic carbocycles. The van der Waals surface area contributed by atoms with Gasteiger partial charge in [-0.05, 0) is 43.9 Å². The van der Waals surface area contributed by atoms with E-state index >= 15 is 0 Å². The van der Waals surface area contributed by atoms with E-state index in [4.69, 9.17) is 9.84 Å². The summed E-state index contributed by atoms with van der Waals surface area (Å²) in [5.41, 5.74) is 1.77. The van der Waals surface area contributed by atoms with E-state index in [9.17, 15) is 18.0 Å². The van der Waals surface area contributed by atoms with Gasteiger partial charge in [0, 0.05) is 18.0 Å². The minimum atomic E-state index is -4.44. The van der Waals surface area contributed by atoms with Crippen LogP contribution in [0.25, 0.3) is 5.82 Å². The van der Waals surface area contributed by atoms with Crippen molar-refractivity contribution in [1.29, 1.82) is 0 Å². The third kappa shape index (κ3) is 5.65. The van der Waals surface area contributed by atoms with E-state index in [-0.39, 0.29) is 6.54 Å². The number of alkyl halides is 3. The highest BCUT2D eigenvalue weighted by atomic mass is 19.4. The maximum atomic E-state index is 12.8. The molecule has 0 spiro atoms. The molecular formula is C21H24F3N5O3. The number of pyridine rings is 1. The van der Waals surface area contributed by atoms with Crippen molar-refractivity contribution in [2.75, 3.05) is 6.61 Å². The lowest BCUT2D eigenvalue weighted by Crippen LogP contribution is -2.13. The molecule has 32 heavy (non-hydrogen) atoms. The van der Waals surface area contributed by atoms with Crippen molar-refractivity contribution in [3.63, 3.8) is 0 Å². The summed E-state index contributed by atoms with van der Waals surface area (Å²) < 4.78 is 46.9. The van der Waals surface area contributed by atoms with E-state index in [1.165, 1.54) is 15.4 Å². The van der Waals surface area contributed by atoms with E-state index in [0.717, 1.165) is 41.9 Å². The Hall–Kier alpha value is -3.37. The Bertz CT molecular complexity index is 1060. The number of hydrogen-bond donors (Lipinski definition) is 1. The third-order valence-corrected chi connectivity index (χ3v) is 4.75. The number of halogens is 3. The molecule has 0 bridgehead atoms. The van der Waals surface area contributed by atoms with Crippen LogP contribution in [-0.4, -0.2) is 42.2 Å². The maximum absolute atomic E-state index is 12.8. The zero-order chi connectivity index (χ0) is 23.3. The SMILES string of the molecule is CCCc1nn(-c2ccc(C(F)(F)F)cn2)cc1CCCOc1c(C)cnn1CC(=O)O. The van der Waals surface area contributed by atoms with Crippen molar-refractivity contribution in [3.05, 3.63) is 53.1 Å². The quantitative estimate of drug-likeness (QED) is 0.471. The van der Waals surface area contributed by atoms with Gasteiger partial charge in [-0.15, -0.1) is 0 Å². The number of hydrogen-bond acceptors (Lipinski definition) is 5. The van der Waals surface area contributed by atoms with Gasteiger partial charge in [-0.2, -0.15) is 23.4 Å². The van der Waals surface area contributed by atoms with Gasteiger partial charge in [-0.25, -0.2) is 14.3 Å². The fourth-order valence-electron chi connectivity index (χ4n) is 3.24. The standard InChI is InChI=1S/C21H24F3N5O3/c1-3-5-17-15(6-4-9-32-20-14(2)10-26-29(20)13-19(30)31)12-28(27-17)18-8-7-16(11-25-18)21(22,23)24/h7-8,10-12H,3-6,9,13H2,1-2H3,(H,30,31). The molecule has 0 atom stereocenters. The second kappa shape index (κ2) is 9.84. The van der Waals surface area contributed by atoms with Crippen LogP contribution in [0.4, 0.5) is 13.2 Å². The average molecular weight is 451 g/mol. The predicted octanol–water partition coefficient (Wildman–Crippen LogP) is 3.84. The third-order valence-electron chi connectivity index (χ3n) is 4.75. The van der Waals surface area contributed by atoms with Gasteiger partial charge in [0.25, 0.3) is 0 Å². The zero-order valence-electron chi connectivity index (χ0n) is 17.8. The lowest BCUT2D eigenvalue weighted by atomic mass is 10.1. The molecule has 0 fully saturated rings. The number of carboxylic acid groups (broad SMARTS) is 1. The minimum Gasteiger partial charge on any atom is -0.480 e. The molecule has 0 unspecified atom stereocenters. The van der Waals surface area contributed by atoms with E-state index in [0.29, 0.717) is 31.1 Å². The molecule has 8 nitrogen and oxygen atoms in total. The van der Waals surface area contributed by atoms with Crippen molar-refractivity contribution < 1.29 is 27.8 Å². The van der Waals surface area contributed by atoms with Gasteiger partial charge in [0.1, 0.15) is 6.54 Å². The van der Waals surface area contributed by atoms with E-state index in [1.807, 2.05) is 6.92 Å². The summed E-state index contributed by atoms with van der Waals surface area (Å²) in [7, 11) is 0. The summed E-state index contributed by atoms with van der Waals surface area (Å²) in [6.45, 7) is 3.88. The number of aromatic nitrogens is 5. The second-order valence-corrected chi connectivity index (χ2v) is 7.33. The van der Waals surface area contributed by atoms with E-state index in [2.05, 4.69) is 15.2 Å². The molecule has 3 rings (SSSR count). The summed E-state index contributed by atoms with van der Waals surface area (Å²) in [6, 6.07) is 2.28. The topological polar surface area (TPSA) is 95.1 Å². The second-order valence-electron chi connectivity index (χ2n) is 7.33. The molecule has 0 aliphatic heterocycles. The average Bonchev–Trinajstić information content (AvgIpc) is 3.28.